The van der Waals surface area contributed by atoms with Crippen LogP contribution >= 0.6 is 12.2 Å². The molecule has 1 aliphatic heterocycles. The van der Waals surface area contributed by atoms with Crippen molar-refractivity contribution < 1.29 is 9.53 Å². The smallest absolute Gasteiger partial charge is 0.355 e. The lowest BCUT2D eigenvalue weighted by molar-refractivity contribution is -0.135. The fourth-order valence-corrected chi connectivity index (χ4v) is 2.57. The van der Waals surface area contributed by atoms with Crippen molar-refractivity contribution in [2.75, 3.05) is 19.7 Å². The van der Waals surface area contributed by atoms with Crippen LogP contribution in [0, 0.1) is 5.92 Å². The minimum atomic E-state index is -0.381. The van der Waals surface area contributed by atoms with Gasteiger partial charge in [0.15, 0.2) is 5.71 Å². The standard InChI is InChI=1S/C12H21N3O2S/c1-5-15(6-2)11(18)9-8(4)13-14-10(9)12(16)17-7-3/h8-9,13H,5-7H2,1-4H3. The van der Waals surface area contributed by atoms with Gasteiger partial charge < -0.3 is 15.1 Å². The molecule has 5 nitrogen and oxygen atoms in total. The highest BCUT2D eigenvalue weighted by Gasteiger charge is 2.38. The molecule has 0 saturated heterocycles. The maximum absolute atomic E-state index is 11.8. The predicted octanol–water partition coefficient (Wildman–Crippen LogP) is 1.18. The molecule has 0 aromatic rings. The summed E-state index contributed by atoms with van der Waals surface area (Å²) in [6.45, 7) is 9.84. The zero-order valence-corrected chi connectivity index (χ0v) is 12.2. The van der Waals surface area contributed by atoms with Gasteiger partial charge in [-0.05, 0) is 27.7 Å². The Kier molecular flexibility index (Phi) is 5.53. The third-order valence-electron chi connectivity index (χ3n) is 3.01. The van der Waals surface area contributed by atoms with E-state index in [1.54, 1.807) is 6.92 Å². The average Bonchev–Trinajstić information content (AvgIpc) is 2.73. The zero-order valence-electron chi connectivity index (χ0n) is 11.4. The van der Waals surface area contributed by atoms with Gasteiger partial charge in [0, 0.05) is 13.1 Å². The van der Waals surface area contributed by atoms with Crippen LogP contribution in [0.15, 0.2) is 5.10 Å². The van der Waals surface area contributed by atoms with E-state index in [0.717, 1.165) is 18.1 Å². The van der Waals surface area contributed by atoms with Crippen molar-refractivity contribution in [3.05, 3.63) is 0 Å². The Bertz CT molecular complexity index is 353. The van der Waals surface area contributed by atoms with E-state index in [4.69, 9.17) is 17.0 Å². The second-order valence-corrected chi connectivity index (χ2v) is 4.54. The lowest BCUT2D eigenvalue weighted by atomic mass is 9.96. The fourth-order valence-electron chi connectivity index (χ4n) is 1.99. The van der Waals surface area contributed by atoms with Crippen LogP contribution in [0.25, 0.3) is 0 Å². The summed E-state index contributed by atoms with van der Waals surface area (Å²) < 4.78 is 5.01. The van der Waals surface area contributed by atoms with Crippen LogP contribution in [-0.2, 0) is 9.53 Å². The molecule has 102 valence electrons. The molecule has 0 aliphatic carbocycles. The van der Waals surface area contributed by atoms with E-state index < -0.39 is 0 Å². The number of thiocarbonyl (C=S) groups is 1. The molecule has 6 heteroatoms. The Labute approximate surface area is 114 Å². The summed E-state index contributed by atoms with van der Waals surface area (Å²) in [6.07, 6.45) is 0. The van der Waals surface area contributed by atoms with Gasteiger partial charge in [0.1, 0.15) is 0 Å². The van der Waals surface area contributed by atoms with Crippen LogP contribution in [-0.4, -0.2) is 47.3 Å². The highest BCUT2D eigenvalue weighted by molar-refractivity contribution is 7.80. The number of esters is 1. The summed E-state index contributed by atoms with van der Waals surface area (Å²) in [5.74, 6) is -0.562. The average molecular weight is 271 g/mol. The predicted molar refractivity (Wildman–Crippen MR) is 75.7 cm³/mol. The van der Waals surface area contributed by atoms with E-state index in [1.165, 1.54) is 0 Å². The number of hydrogen-bond donors (Lipinski definition) is 1. The summed E-state index contributed by atoms with van der Waals surface area (Å²) in [7, 11) is 0. The summed E-state index contributed by atoms with van der Waals surface area (Å²) in [5.41, 5.74) is 3.31. The Morgan fingerprint density at radius 2 is 2.06 bits per heavy atom. The molecule has 2 unspecified atom stereocenters. The summed E-state index contributed by atoms with van der Waals surface area (Å²) >= 11 is 5.49. The van der Waals surface area contributed by atoms with E-state index in [9.17, 15) is 4.79 Å². The fraction of sp³-hybridized carbons (Fsp3) is 0.750. The molecule has 0 aromatic carbocycles. The van der Waals surface area contributed by atoms with Crippen LogP contribution in [0.1, 0.15) is 27.7 Å². The SMILES string of the molecule is CCOC(=O)C1=NNC(C)C1C(=S)N(CC)CC. The molecule has 0 saturated carbocycles. The van der Waals surface area contributed by atoms with Crippen molar-refractivity contribution in [2.45, 2.75) is 33.7 Å². The van der Waals surface area contributed by atoms with Crippen molar-refractivity contribution in [3.8, 4) is 0 Å². The Balaban J connectivity index is 2.87. The maximum Gasteiger partial charge on any atom is 0.355 e. The largest absolute Gasteiger partial charge is 0.461 e. The highest BCUT2D eigenvalue weighted by atomic mass is 32.1. The minimum Gasteiger partial charge on any atom is -0.461 e. The Hall–Kier alpha value is -1.17. The lowest BCUT2D eigenvalue weighted by Crippen LogP contribution is -2.44. The van der Waals surface area contributed by atoms with Gasteiger partial charge in [0.05, 0.1) is 23.6 Å². The van der Waals surface area contributed by atoms with Gasteiger partial charge in [-0.3, -0.25) is 0 Å². The highest BCUT2D eigenvalue weighted by Crippen LogP contribution is 2.18. The van der Waals surface area contributed by atoms with E-state index in [-0.39, 0.29) is 17.9 Å². The van der Waals surface area contributed by atoms with Gasteiger partial charge in [0.25, 0.3) is 0 Å². The molecule has 0 aromatic heterocycles. The van der Waals surface area contributed by atoms with Crippen molar-refractivity contribution in [1.29, 1.82) is 0 Å². The molecule has 18 heavy (non-hydrogen) atoms. The number of nitrogens with zero attached hydrogens (tertiary/aromatic N) is 2. The first-order chi connectivity index (χ1) is 8.56. The molecule has 1 heterocycles. The quantitative estimate of drug-likeness (QED) is 0.601. The summed E-state index contributed by atoms with van der Waals surface area (Å²) in [6, 6.07) is 0.0255. The third-order valence-corrected chi connectivity index (χ3v) is 3.52. The normalized spacial score (nSPS) is 22.1. The molecule has 2 atom stereocenters. The number of hydrazone groups is 1. The number of rotatable bonds is 5. The zero-order chi connectivity index (χ0) is 13.7. The van der Waals surface area contributed by atoms with Crippen molar-refractivity contribution >= 4 is 28.9 Å². The second kappa shape index (κ2) is 6.68. The van der Waals surface area contributed by atoms with Crippen LogP contribution in [0.4, 0.5) is 0 Å². The Morgan fingerprint density at radius 3 is 2.56 bits per heavy atom. The summed E-state index contributed by atoms with van der Waals surface area (Å²) in [5, 5.41) is 4.07. The van der Waals surface area contributed by atoms with Crippen LogP contribution in [0.2, 0.25) is 0 Å². The molecule has 1 aliphatic rings. The van der Waals surface area contributed by atoms with Gasteiger partial charge >= 0.3 is 5.97 Å². The van der Waals surface area contributed by atoms with Crippen LogP contribution in [0.5, 0.6) is 0 Å². The molecule has 1 rings (SSSR count). The molecular weight excluding hydrogens is 250 g/mol. The van der Waals surface area contributed by atoms with E-state index in [0.29, 0.717) is 12.3 Å². The first-order valence-electron chi connectivity index (χ1n) is 6.35. The van der Waals surface area contributed by atoms with Crippen molar-refractivity contribution in [3.63, 3.8) is 0 Å². The number of carbonyl (C=O) groups excluding carboxylic acids is 1. The van der Waals surface area contributed by atoms with Gasteiger partial charge in [-0.1, -0.05) is 12.2 Å². The van der Waals surface area contributed by atoms with E-state index in [2.05, 4.69) is 15.4 Å². The number of ether oxygens (including phenoxy) is 1. The number of nitrogens with one attached hydrogen (secondary N) is 1. The van der Waals surface area contributed by atoms with Crippen LogP contribution in [0.3, 0.4) is 0 Å². The molecule has 0 bridgehead atoms. The lowest BCUT2D eigenvalue weighted by Gasteiger charge is -2.27. The molecule has 0 radical (unpaired) electrons. The van der Waals surface area contributed by atoms with Gasteiger partial charge in [-0.2, -0.15) is 5.10 Å². The second-order valence-electron chi connectivity index (χ2n) is 4.12. The molecule has 0 amide bonds. The van der Waals surface area contributed by atoms with Crippen LogP contribution < -0.4 is 5.43 Å². The summed E-state index contributed by atoms with van der Waals surface area (Å²) in [4.78, 5) is 14.7. The van der Waals surface area contributed by atoms with Crippen molar-refractivity contribution in [1.82, 2.24) is 10.3 Å². The maximum atomic E-state index is 11.8. The monoisotopic (exact) mass is 271 g/mol. The number of hydrogen-bond acceptors (Lipinski definition) is 5. The number of carbonyl (C=O) groups is 1. The van der Waals surface area contributed by atoms with E-state index in [1.807, 2.05) is 20.8 Å². The van der Waals surface area contributed by atoms with Gasteiger partial charge in [-0.15, -0.1) is 0 Å². The first kappa shape index (κ1) is 14.9. The first-order valence-corrected chi connectivity index (χ1v) is 6.76. The van der Waals surface area contributed by atoms with Gasteiger partial charge in [0.2, 0.25) is 0 Å². The topological polar surface area (TPSA) is 53.9 Å². The molecular formula is C12H21N3O2S. The third kappa shape index (κ3) is 2.98. The molecule has 1 N–H and O–H groups in total. The van der Waals surface area contributed by atoms with Crippen molar-refractivity contribution in [2.24, 2.45) is 11.0 Å². The van der Waals surface area contributed by atoms with E-state index >= 15 is 0 Å². The molecule has 0 spiro atoms. The van der Waals surface area contributed by atoms with Gasteiger partial charge in [-0.25, -0.2) is 4.79 Å². The minimum absolute atomic E-state index is 0.0255. The Morgan fingerprint density at radius 1 is 1.44 bits per heavy atom. The molecule has 0 fully saturated rings.